The van der Waals surface area contributed by atoms with E-state index in [0.717, 1.165) is 6.07 Å². The molecule has 0 saturated carbocycles. The summed E-state index contributed by atoms with van der Waals surface area (Å²) in [5.41, 5.74) is 4.41. The van der Waals surface area contributed by atoms with E-state index in [9.17, 15) is 14.7 Å². The Hall–Kier alpha value is -3.07. The summed E-state index contributed by atoms with van der Waals surface area (Å²) in [5, 5.41) is 20.8. The number of carbonyl (C=O) groups is 2. The number of rotatable bonds is 2. The molecular weight excluding hydrogens is 310 g/mol. The third kappa shape index (κ3) is 3.73. The van der Waals surface area contributed by atoms with Crippen LogP contribution in [0.4, 0.5) is 0 Å². The van der Waals surface area contributed by atoms with Gasteiger partial charge in [0.1, 0.15) is 11.5 Å². The van der Waals surface area contributed by atoms with Crippen LogP contribution in [0.3, 0.4) is 0 Å². The summed E-state index contributed by atoms with van der Waals surface area (Å²) in [6.45, 7) is 0. The molecule has 9 heteroatoms. The molecule has 0 unspecified atom stereocenters. The van der Waals surface area contributed by atoms with Crippen molar-refractivity contribution in [2.45, 2.75) is 0 Å². The Morgan fingerprint density at radius 3 is 2.50 bits per heavy atom. The minimum absolute atomic E-state index is 0.0617. The molecular formula is C13H11N3O5S. The van der Waals surface area contributed by atoms with Gasteiger partial charge in [0.2, 0.25) is 0 Å². The van der Waals surface area contributed by atoms with Crippen molar-refractivity contribution in [3.05, 3.63) is 47.9 Å². The molecule has 0 aliphatic carbocycles. The lowest BCUT2D eigenvalue weighted by molar-refractivity contribution is 0.0925. The summed E-state index contributed by atoms with van der Waals surface area (Å²) in [7, 11) is 0. The summed E-state index contributed by atoms with van der Waals surface area (Å²) in [5.74, 6) is -1.80. The molecule has 5 N–H and O–H groups in total. The molecule has 0 aliphatic heterocycles. The van der Waals surface area contributed by atoms with Crippen molar-refractivity contribution in [2.24, 2.45) is 0 Å². The number of phenols is 2. The van der Waals surface area contributed by atoms with E-state index in [1.165, 1.54) is 24.5 Å². The predicted molar refractivity (Wildman–Crippen MR) is 79.1 cm³/mol. The molecule has 2 rings (SSSR count). The van der Waals surface area contributed by atoms with Gasteiger partial charge in [0.15, 0.2) is 10.9 Å². The van der Waals surface area contributed by atoms with Crippen LogP contribution in [-0.2, 0) is 0 Å². The highest BCUT2D eigenvalue weighted by Crippen LogP contribution is 2.21. The lowest BCUT2D eigenvalue weighted by atomic mass is 10.2. The second kappa shape index (κ2) is 6.59. The predicted octanol–water partition coefficient (Wildman–Crippen LogP) is 0.640. The average Bonchev–Trinajstić information content (AvgIpc) is 2.99. The first-order valence-electron chi connectivity index (χ1n) is 5.94. The van der Waals surface area contributed by atoms with Gasteiger partial charge in [-0.15, -0.1) is 0 Å². The van der Waals surface area contributed by atoms with Crippen LogP contribution >= 0.6 is 12.2 Å². The molecule has 0 atom stereocenters. The van der Waals surface area contributed by atoms with Crippen molar-refractivity contribution in [1.82, 2.24) is 16.2 Å². The maximum atomic E-state index is 11.8. The standard InChI is InChI=1S/C13H11N3O5S/c17-7-3-4-8(9(18)6-7)11(19)15-16-13(22)14-12(20)10-2-1-5-21-10/h1-6,17-18H,(H,15,19)(H2,14,16,20,22). The Bertz CT molecular complexity index is 714. The minimum atomic E-state index is -0.702. The Kier molecular flexibility index (Phi) is 4.59. The number of furan rings is 1. The normalized spacial score (nSPS) is 9.82. The topological polar surface area (TPSA) is 124 Å². The van der Waals surface area contributed by atoms with E-state index >= 15 is 0 Å². The third-order valence-electron chi connectivity index (χ3n) is 2.49. The van der Waals surface area contributed by atoms with Crippen molar-refractivity contribution < 1.29 is 24.2 Å². The molecule has 2 aromatic rings. The van der Waals surface area contributed by atoms with E-state index < -0.39 is 17.6 Å². The first-order valence-corrected chi connectivity index (χ1v) is 6.35. The number of phenolic OH excluding ortho intramolecular Hbond substituents is 2. The van der Waals surface area contributed by atoms with Gasteiger partial charge in [-0.1, -0.05) is 0 Å². The van der Waals surface area contributed by atoms with E-state index in [0.29, 0.717) is 0 Å². The second-order valence-electron chi connectivity index (χ2n) is 4.04. The van der Waals surface area contributed by atoms with E-state index in [1.54, 1.807) is 6.07 Å². The van der Waals surface area contributed by atoms with E-state index in [-0.39, 0.29) is 22.2 Å². The number of thiocarbonyl (C=S) groups is 1. The van der Waals surface area contributed by atoms with Gasteiger partial charge in [0.25, 0.3) is 11.8 Å². The third-order valence-corrected chi connectivity index (χ3v) is 2.69. The molecule has 2 amide bonds. The number of amides is 2. The molecule has 0 saturated heterocycles. The van der Waals surface area contributed by atoms with Crippen molar-refractivity contribution in [1.29, 1.82) is 0 Å². The molecule has 0 radical (unpaired) electrons. The number of hydrazine groups is 1. The fraction of sp³-hybridized carbons (Fsp3) is 0. The van der Waals surface area contributed by atoms with Gasteiger partial charge in [-0.2, -0.15) is 0 Å². The van der Waals surface area contributed by atoms with Gasteiger partial charge in [-0.3, -0.25) is 25.8 Å². The summed E-state index contributed by atoms with van der Waals surface area (Å²) >= 11 is 4.82. The van der Waals surface area contributed by atoms with E-state index in [1.807, 2.05) is 0 Å². The highest BCUT2D eigenvalue weighted by Gasteiger charge is 2.13. The summed E-state index contributed by atoms with van der Waals surface area (Å²) in [4.78, 5) is 23.4. The molecule has 0 bridgehead atoms. The molecule has 1 aromatic carbocycles. The van der Waals surface area contributed by atoms with Crippen molar-refractivity contribution in [2.75, 3.05) is 0 Å². The molecule has 1 aromatic heterocycles. The zero-order valence-electron chi connectivity index (χ0n) is 11.0. The van der Waals surface area contributed by atoms with E-state index in [4.69, 9.17) is 21.7 Å². The zero-order chi connectivity index (χ0) is 16.1. The highest BCUT2D eigenvalue weighted by molar-refractivity contribution is 7.80. The lowest BCUT2D eigenvalue weighted by Gasteiger charge is -2.10. The molecule has 0 aliphatic rings. The zero-order valence-corrected chi connectivity index (χ0v) is 11.8. The SMILES string of the molecule is O=C(NC(=S)NNC(=O)c1ccc(O)cc1O)c1ccco1. The average molecular weight is 321 g/mol. The largest absolute Gasteiger partial charge is 0.508 e. The van der Waals surface area contributed by atoms with Gasteiger partial charge >= 0.3 is 0 Å². The lowest BCUT2D eigenvalue weighted by Crippen LogP contribution is -2.48. The quantitative estimate of drug-likeness (QED) is 0.406. The van der Waals surface area contributed by atoms with Gasteiger partial charge in [-0.25, -0.2) is 0 Å². The number of hydrogen-bond donors (Lipinski definition) is 5. The van der Waals surface area contributed by atoms with Gasteiger partial charge < -0.3 is 14.6 Å². The number of carbonyl (C=O) groups excluding carboxylic acids is 2. The maximum Gasteiger partial charge on any atom is 0.293 e. The summed E-state index contributed by atoms with van der Waals surface area (Å²) in [6, 6.07) is 6.48. The maximum absolute atomic E-state index is 11.8. The van der Waals surface area contributed by atoms with Crippen LogP contribution in [0.2, 0.25) is 0 Å². The molecule has 8 nitrogen and oxygen atoms in total. The monoisotopic (exact) mass is 321 g/mol. The molecule has 114 valence electrons. The first kappa shape index (κ1) is 15.3. The van der Waals surface area contributed by atoms with Crippen LogP contribution in [0.1, 0.15) is 20.9 Å². The van der Waals surface area contributed by atoms with Crippen LogP contribution in [0.15, 0.2) is 41.0 Å². The Morgan fingerprint density at radius 1 is 1.09 bits per heavy atom. The van der Waals surface area contributed by atoms with Crippen LogP contribution in [0.25, 0.3) is 0 Å². The number of hydrogen-bond acceptors (Lipinski definition) is 6. The Balaban J connectivity index is 1.88. The van der Waals surface area contributed by atoms with Gasteiger partial charge in [0, 0.05) is 6.07 Å². The number of nitrogens with one attached hydrogen (secondary N) is 3. The fourth-order valence-electron chi connectivity index (χ4n) is 1.50. The highest BCUT2D eigenvalue weighted by atomic mass is 32.1. The molecule has 0 fully saturated rings. The van der Waals surface area contributed by atoms with Crippen molar-refractivity contribution in [3.63, 3.8) is 0 Å². The second-order valence-corrected chi connectivity index (χ2v) is 4.45. The van der Waals surface area contributed by atoms with E-state index in [2.05, 4.69) is 16.2 Å². The number of aromatic hydroxyl groups is 2. The van der Waals surface area contributed by atoms with Gasteiger partial charge in [-0.05, 0) is 36.5 Å². The van der Waals surface area contributed by atoms with Crippen LogP contribution in [0, 0.1) is 0 Å². The number of benzene rings is 1. The smallest absolute Gasteiger partial charge is 0.293 e. The van der Waals surface area contributed by atoms with Crippen LogP contribution in [-0.4, -0.2) is 27.1 Å². The molecule has 22 heavy (non-hydrogen) atoms. The fourth-order valence-corrected chi connectivity index (χ4v) is 1.64. The van der Waals surface area contributed by atoms with Crippen molar-refractivity contribution >= 4 is 29.1 Å². The van der Waals surface area contributed by atoms with Crippen LogP contribution in [0.5, 0.6) is 11.5 Å². The van der Waals surface area contributed by atoms with Gasteiger partial charge in [0.05, 0.1) is 11.8 Å². The first-order chi connectivity index (χ1) is 10.5. The molecule has 0 spiro atoms. The Morgan fingerprint density at radius 2 is 1.86 bits per heavy atom. The summed E-state index contributed by atoms with van der Waals surface area (Å²) in [6.07, 6.45) is 1.33. The summed E-state index contributed by atoms with van der Waals surface area (Å²) < 4.78 is 4.87. The van der Waals surface area contributed by atoms with Crippen LogP contribution < -0.4 is 16.2 Å². The van der Waals surface area contributed by atoms with Crippen molar-refractivity contribution in [3.8, 4) is 11.5 Å². The minimum Gasteiger partial charge on any atom is -0.508 e. The Labute approximate surface area is 129 Å². The molecule has 1 heterocycles.